The van der Waals surface area contributed by atoms with Gasteiger partial charge in [-0.25, -0.2) is 4.98 Å². The predicted octanol–water partition coefficient (Wildman–Crippen LogP) is 4.82. The van der Waals surface area contributed by atoms with Gasteiger partial charge in [0.2, 0.25) is 11.8 Å². The van der Waals surface area contributed by atoms with Crippen LogP contribution in [0, 0.1) is 17.8 Å². The summed E-state index contributed by atoms with van der Waals surface area (Å²) in [6, 6.07) is 2.29. The van der Waals surface area contributed by atoms with Crippen molar-refractivity contribution in [3.63, 3.8) is 0 Å². The minimum atomic E-state index is -0.228. The summed E-state index contributed by atoms with van der Waals surface area (Å²) in [4.78, 5) is 16.9. The van der Waals surface area contributed by atoms with E-state index in [2.05, 4.69) is 18.0 Å². The fourth-order valence-electron chi connectivity index (χ4n) is 6.48. The lowest BCUT2D eigenvalue weighted by Crippen LogP contribution is -2.49. The van der Waals surface area contributed by atoms with Crippen molar-refractivity contribution in [2.75, 3.05) is 7.11 Å². The number of nitrogens with zero attached hydrogens (tertiary/aromatic N) is 1. The van der Waals surface area contributed by atoms with Gasteiger partial charge in [-0.1, -0.05) is 19.3 Å². The molecule has 4 nitrogen and oxygen atoms in total. The average molecular weight is 371 g/mol. The zero-order chi connectivity index (χ0) is 19.1. The number of ether oxygens (including phenoxy) is 1. The Labute approximate surface area is 163 Å². The summed E-state index contributed by atoms with van der Waals surface area (Å²) in [7, 11) is 1.68. The number of hydrogen-bond donors (Lipinski definition) is 1. The highest BCUT2D eigenvalue weighted by Gasteiger charge is 2.53. The first-order valence-corrected chi connectivity index (χ1v) is 10.7. The van der Waals surface area contributed by atoms with Crippen molar-refractivity contribution in [3.8, 4) is 5.88 Å². The van der Waals surface area contributed by atoms with Crippen molar-refractivity contribution in [1.29, 1.82) is 0 Å². The molecule has 1 aromatic rings. The third-order valence-electron chi connectivity index (χ3n) is 8.28. The number of carbonyl (C=O) groups is 1. The highest BCUT2D eigenvalue weighted by atomic mass is 16.5. The van der Waals surface area contributed by atoms with Gasteiger partial charge in [-0.2, -0.15) is 0 Å². The minimum absolute atomic E-state index is 0.0334. The van der Waals surface area contributed by atoms with Crippen molar-refractivity contribution >= 4 is 5.91 Å². The molecule has 1 heterocycles. The molecule has 4 saturated carbocycles. The van der Waals surface area contributed by atoms with Crippen molar-refractivity contribution in [2.45, 2.75) is 89.4 Å². The number of primary amides is 1. The third kappa shape index (κ3) is 3.15. The average Bonchev–Trinajstić information content (AvgIpc) is 2.70. The van der Waals surface area contributed by atoms with Crippen LogP contribution in [0.5, 0.6) is 5.88 Å². The summed E-state index contributed by atoms with van der Waals surface area (Å²) in [5, 5.41) is 0. The maximum Gasteiger partial charge on any atom is 0.223 e. The fraction of sp³-hybridized carbons (Fsp3) is 0.739. The maximum absolute atomic E-state index is 12.4. The highest BCUT2D eigenvalue weighted by Crippen LogP contribution is 2.62. The van der Waals surface area contributed by atoms with Crippen molar-refractivity contribution in [1.82, 2.24) is 4.98 Å². The smallest absolute Gasteiger partial charge is 0.223 e. The number of fused-ring (bicyclic) bond motifs is 3. The number of aromatic nitrogens is 1. The largest absolute Gasteiger partial charge is 0.481 e. The van der Waals surface area contributed by atoms with Gasteiger partial charge in [0.05, 0.1) is 7.11 Å². The van der Waals surface area contributed by atoms with Gasteiger partial charge in [0.15, 0.2) is 0 Å². The van der Waals surface area contributed by atoms with Crippen LogP contribution in [0.25, 0.3) is 0 Å². The molecular formula is C23H34N2O2. The molecule has 4 fully saturated rings. The SMILES string of the molecule is COc1ncc(C23CCC(CC4(C(N)=O)CCCCC4)(CC2)CC3)cc1C. The number of rotatable bonds is 5. The molecular weight excluding hydrogens is 336 g/mol. The Morgan fingerprint density at radius 2 is 1.70 bits per heavy atom. The number of aryl methyl sites for hydroxylation is 1. The zero-order valence-corrected chi connectivity index (χ0v) is 17.0. The summed E-state index contributed by atoms with van der Waals surface area (Å²) in [6.45, 7) is 2.08. The van der Waals surface area contributed by atoms with Crippen molar-refractivity contribution in [3.05, 3.63) is 23.4 Å². The van der Waals surface area contributed by atoms with Crippen LogP contribution < -0.4 is 10.5 Å². The Morgan fingerprint density at radius 3 is 2.22 bits per heavy atom. The van der Waals surface area contributed by atoms with E-state index < -0.39 is 0 Å². The molecule has 4 heteroatoms. The molecule has 0 spiro atoms. The predicted molar refractivity (Wildman–Crippen MR) is 107 cm³/mol. The maximum atomic E-state index is 12.4. The molecule has 2 bridgehead atoms. The van der Waals surface area contributed by atoms with E-state index in [1.54, 1.807) is 7.11 Å². The Balaban J connectivity index is 1.52. The number of methoxy groups -OCH3 is 1. The monoisotopic (exact) mass is 370 g/mol. The lowest BCUT2D eigenvalue weighted by Gasteiger charge is -2.56. The first-order chi connectivity index (χ1) is 12.9. The third-order valence-corrected chi connectivity index (χ3v) is 8.28. The number of nitrogens with two attached hydrogens (primary N) is 1. The molecule has 2 N–H and O–H groups in total. The standard InChI is InChI=1S/C23H34N2O2/c1-17-14-18(15-25-19(17)27-2)22-11-8-21(9-12-22,10-13-22)16-23(20(24)26)6-4-3-5-7-23/h14-15H,3-13,16H2,1-2H3,(H2,24,26). The second-order valence-electron chi connectivity index (χ2n) is 9.71. The summed E-state index contributed by atoms with van der Waals surface area (Å²) in [5.41, 5.74) is 8.84. The summed E-state index contributed by atoms with van der Waals surface area (Å²) >= 11 is 0. The molecule has 0 saturated heterocycles. The van der Waals surface area contributed by atoms with Gasteiger partial charge in [-0.05, 0) is 87.2 Å². The summed E-state index contributed by atoms with van der Waals surface area (Å²) in [5.74, 6) is 0.700. The van der Waals surface area contributed by atoms with E-state index in [1.165, 1.54) is 63.4 Å². The molecule has 5 rings (SSSR count). The lowest BCUT2D eigenvalue weighted by molar-refractivity contribution is -0.134. The summed E-state index contributed by atoms with van der Waals surface area (Å²) < 4.78 is 5.34. The van der Waals surface area contributed by atoms with Gasteiger partial charge in [-0.3, -0.25) is 4.79 Å². The first-order valence-electron chi connectivity index (χ1n) is 10.7. The molecule has 0 aromatic carbocycles. The Hall–Kier alpha value is -1.58. The van der Waals surface area contributed by atoms with Crippen LogP contribution in [0.1, 0.15) is 88.2 Å². The van der Waals surface area contributed by atoms with Gasteiger partial charge in [0.25, 0.3) is 0 Å². The van der Waals surface area contributed by atoms with E-state index >= 15 is 0 Å². The van der Waals surface area contributed by atoms with E-state index in [1.807, 2.05) is 6.20 Å². The molecule has 0 aliphatic heterocycles. The Kier molecular flexibility index (Phi) is 4.72. The molecule has 0 radical (unpaired) electrons. The van der Waals surface area contributed by atoms with Crippen LogP contribution in [-0.2, 0) is 10.2 Å². The molecule has 0 atom stereocenters. The first kappa shape index (κ1) is 18.8. The molecule has 4 aliphatic carbocycles. The molecule has 4 aliphatic rings. The van der Waals surface area contributed by atoms with Gasteiger partial charge in [0.1, 0.15) is 0 Å². The molecule has 1 aromatic heterocycles. The van der Waals surface area contributed by atoms with Crippen LogP contribution in [0.3, 0.4) is 0 Å². The molecule has 0 unspecified atom stereocenters. The fourth-order valence-corrected chi connectivity index (χ4v) is 6.48. The number of pyridine rings is 1. The quantitative estimate of drug-likeness (QED) is 0.808. The Bertz CT molecular complexity index is 697. The second-order valence-corrected chi connectivity index (χ2v) is 9.71. The van der Waals surface area contributed by atoms with Gasteiger partial charge in [-0.15, -0.1) is 0 Å². The van der Waals surface area contributed by atoms with E-state index in [0.29, 0.717) is 5.41 Å². The normalized spacial score (nSPS) is 32.2. The van der Waals surface area contributed by atoms with Crippen LogP contribution in [0.2, 0.25) is 0 Å². The minimum Gasteiger partial charge on any atom is -0.481 e. The molecule has 1 amide bonds. The number of amides is 1. The van der Waals surface area contributed by atoms with Gasteiger partial charge >= 0.3 is 0 Å². The van der Waals surface area contributed by atoms with Crippen molar-refractivity contribution in [2.24, 2.45) is 16.6 Å². The van der Waals surface area contributed by atoms with Crippen LogP contribution in [-0.4, -0.2) is 18.0 Å². The number of hydrogen-bond acceptors (Lipinski definition) is 3. The number of carbonyl (C=O) groups excluding carboxylic acids is 1. The van der Waals surface area contributed by atoms with Crippen LogP contribution in [0.15, 0.2) is 12.3 Å². The van der Waals surface area contributed by atoms with Crippen LogP contribution >= 0.6 is 0 Å². The van der Waals surface area contributed by atoms with E-state index in [-0.39, 0.29) is 16.7 Å². The highest BCUT2D eigenvalue weighted by molar-refractivity contribution is 5.81. The van der Waals surface area contributed by atoms with E-state index in [4.69, 9.17) is 10.5 Å². The zero-order valence-electron chi connectivity index (χ0n) is 17.0. The van der Waals surface area contributed by atoms with E-state index in [0.717, 1.165) is 30.7 Å². The Morgan fingerprint density at radius 1 is 1.07 bits per heavy atom. The molecule has 148 valence electrons. The topological polar surface area (TPSA) is 65.2 Å². The second kappa shape index (κ2) is 6.79. The summed E-state index contributed by atoms with van der Waals surface area (Å²) in [6.07, 6.45) is 16.0. The van der Waals surface area contributed by atoms with E-state index in [9.17, 15) is 4.79 Å². The van der Waals surface area contributed by atoms with Crippen molar-refractivity contribution < 1.29 is 9.53 Å². The van der Waals surface area contributed by atoms with Crippen LogP contribution in [0.4, 0.5) is 0 Å². The van der Waals surface area contributed by atoms with Gasteiger partial charge < -0.3 is 10.5 Å². The van der Waals surface area contributed by atoms with Gasteiger partial charge in [0, 0.05) is 17.2 Å². The molecule has 27 heavy (non-hydrogen) atoms. The lowest BCUT2D eigenvalue weighted by atomic mass is 9.48.